The highest BCUT2D eigenvalue weighted by atomic mass is 79.9. The molecule has 0 unspecified atom stereocenters. The van der Waals surface area contributed by atoms with E-state index in [4.69, 9.17) is 4.84 Å². The summed E-state index contributed by atoms with van der Waals surface area (Å²) in [5.74, 6) is -0.921. The zero-order valence-electron chi connectivity index (χ0n) is 11.3. The topological polar surface area (TPSA) is 98.9 Å². The van der Waals surface area contributed by atoms with Crippen LogP contribution >= 0.6 is 15.9 Å². The Bertz CT molecular complexity index is 723. The summed E-state index contributed by atoms with van der Waals surface area (Å²) in [7, 11) is 0. The number of nitro groups is 1. The van der Waals surface area contributed by atoms with Crippen molar-refractivity contribution in [3.05, 3.63) is 62.2 Å². The third-order valence-corrected chi connectivity index (χ3v) is 3.35. The molecule has 1 aromatic rings. The van der Waals surface area contributed by atoms with Crippen LogP contribution in [0.5, 0.6) is 0 Å². The van der Waals surface area contributed by atoms with E-state index in [2.05, 4.69) is 21.1 Å². The number of nitrogens with zero attached hydrogens (tertiary/aromatic N) is 2. The van der Waals surface area contributed by atoms with Gasteiger partial charge < -0.3 is 4.84 Å². The maximum atomic E-state index is 11.8. The molecule has 0 fully saturated rings. The van der Waals surface area contributed by atoms with E-state index in [0.29, 0.717) is 15.8 Å². The second kappa shape index (κ2) is 6.44. The molecule has 0 bridgehead atoms. The number of hydrogen-bond donors (Lipinski definition) is 0. The van der Waals surface area contributed by atoms with Gasteiger partial charge >= 0.3 is 5.97 Å². The Morgan fingerprint density at radius 2 is 1.91 bits per heavy atom. The van der Waals surface area contributed by atoms with Gasteiger partial charge in [0.05, 0.1) is 15.0 Å². The van der Waals surface area contributed by atoms with E-state index in [1.54, 1.807) is 6.92 Å². The van der Waals surface area contributed by atoms with Crippen molar-refractivity contribution in [3.63, 3.8) is 0 Å². The van der Waals surface area contributed by atoms with Crippen LogP contribution in [0.15, 0.2) is 51.6 Å². The van der Waals surface area contributed by atoms with Crippen LogP contribution in [0.25, 0.3) is 0 Å². The number of halogens is 1. The summed E-state index contributed by atoms with van der Waals surface area (Å²) < 4.78 is 0.317. The first-order valence-corrected chi connectivity index (χ1v) is 6.82. The fourth-order valence-corrected chi connectivity index (χ4v) is 2.18. The molecule has 0 N–H and O–H groups in total. The Balaban J connectivity index is 2.11. The van der Waals surface area contributed by atoms with E-state index >= 15 is 0 Å². The predicted octanol–water partition coefficient (Wildman–Crippen LogP) is 2.92. The highest BCUT2D eigenvalue weighted by molar-refractivity contribution is 9.12. The first kappa shape index (κ1) is 15.8. The van der Waals surface area contributed by atoms with Crippen molar-refractivity contribution < 1.29 is 19.3 Å². The van der Waals surface area contributed by atoms with Gasteiger partial charge in [-0.2, -0.15) is 0 Å². The number of allylic oxidation sites excluding steroid dienone is 4. The number of oxime groups is 1. The lowest BCUT2D eigenvalue weighted by molar-refractivity contribution is -0.384. The van der Waals surface area contributed by atoms with Crippen LogP contribution < -0.4 is 0 Å². The van der Waals surface area contributed by atoms with Crippen molar-refractivity contribution in [2.45, 2.75) is 6.92 Å². The third kappa shape index (κ3) is 3.53. The molecule has 0 amide bonds. The fraction of sp³-hybridized carbons (Fsp3) is 0.0714. The number of rotatable bonds is 3. The summed E-state index contributed by atoms with van der Waals surface area (Å²) >= 11 is 3.09. The lowest BCUT2D eigenvalue weighted by Crippen LogP contribution is -2.10. The van der Waals surface area contributed by atoms with Gasteiger partial charge in [-0.05, 0) is 52.7 Å². The van der Waals surface area contributed by atoms with Crippen LogP contribution in [-0.4, -0.2) is 22.4 Å². The number of non-ortho nitro benzene ring substituents is 1. The van der Waals surface area contributed by atoms with Gasteiger partial charge in [-0.3, -0.25) is 14.9 Å². The number of hydrogen-bond acceptors (Lipinski definition) is 6. The molecule has 8 heteroatoms. The van der Waals surface area contributed by atoms with Crippen molar-refractivity contribution in [3.8, 4) is 0 Å². The maximum Gasteiger partial charge on any atom is 0.365 e. The monoisotopic (exact) mass is 364 g/mol. The summed E-state index contributed by atoms with van der Waals surface area (Å²) in [6, 6.07) is 4.95. The number of carbonyl (C=O) groups is 2. The largest absolute Gasteiger partial charge is 0.365 e. The van der Waals surface area contributed by atoms with Crippen LogP contribution in [0, 0.1) is 10.1 Å². The molecular weight excluding hydrogens is 356 g/mol. The van der Waals surface area contributed by atoms with Gasteiger partial charge in [0.15, 0.2) is 5.78 Å². The van der Waals surface area contributed by atoms with E-state index in [-0.39, 0.29) is 17.0 Å². The Labute approximate surface area is 133 Å². The molecule has 0 saturated heterocycles. The fourth-order valence-electron chi connectivity index (χ4n) is 1.63. The normalized spacial score (nSPS) is 16.1. The third-order valence-electron chi connectivity index (χ3n) is 2.76. The Kier molecular flexibility index (Phi) is 4.62. The Hall–Kier alpha value is -2.61. The summed E-state index contributed by atoms with van der Waals surface area (Å²) in [5, 5.41) is 14.2. The molecular formula is C14H9BrN2O5. The second-order valence-electron chi connectivity index (χ2n) is 4.35. The molecule has 0 aliphatic heterocycles. The molecule has 1 aromatic carbocycles. The molecule has 1 aliphatic rings. The van der Waals surface area contributed by atoms with Gasteiger partial charge in [0, 0.05) is 12.1 Å². The summed E-state index contributed by atoms with van der Waals surface area (Å²) in [5.41, 5.74) is 0.767. The standard InChI is InChI=1S/C14H9BrN2O5/c1-8-6-10(7-12(15)13(8)18)16-22-14(19)9-2-4-11(5-3-9)17(20)21/h2-7H,1H3/b16-10+. The van der Waals surface area contributed by atoms with Crippen LogP contribution in [0.2, 0.25) is 0 Å². The van der Waals surface area contributed by atoms with E-state index in [9.17, 15) is 19.7 Å². The number of carbonyl (C=O) groups excluding carboxylic acids is 2. The van der Waals surface area contributed by atoms with Gasteiger partial charge in [0.1, 0.15) is 5.71 Å². The van der Waals surface area contributed by atoms with Crippen molar-refractivity contribution in [1.29, 1.82) is 0 Å². The highest BCUT2D eigenvalue weighted by Gasteiger charge is 2.16. The lowest BCUT2D eigenvalue weighted by atomic mass is 10.1. The number of nitro benzene ring substituents is 1. The molecule has 0 spiro atoms. The quantitative estimate of drug-likeness (QED) is 0.355. The summed E-state index contributed by atoms with van der Waals surface area (Å²) in [6.45, 7) is 1.62. The maximum absolute atomic E-state index is 11.8. The second-order valence-corrected chi connectivity index (χ2v) is 5.20. The molecule has 1 aliphatic carbocycles. The molecule has 112 valence electrons. The van der Waals surface area contributed by atoms with Gasteiger partial charge in [0.25, 0.3) is 5.69 Å². The smallest absolute Gasteiger partial charge is 0.312 e. The molecule has 0 heterocycles. The van der Waals surface area contributed by atoms with E-state index in [1.165, 1.54) is 36.4 Å². The van der Waals surface area contributed by atoms with E-state index < -0.39 is 10.9 Å². The minimum absolute atomic E-state index is 0.126. The first-order valence-electron chi connectivity index (χ1n) is 6.02. The van der Waals surface area contributed by atoms with Crippen molar-refractivity contribution in [2.75, 3.05) is 0 Å². The minimum Gasteiger partial charge on any atom is -0.312 e. The molecule has 0 atom stereocenters. The van der Waals surface area contributed by atoms with Crippen molar-refractivity contribution >= 4 is 39.1 Å². The highest BCUT2D eigenvalue weighted by Crippen LogP contribution is 2.18. The summed E-state index contributed by atoms with van der Waals surface area (Å²) in [6.07, 6.45) is 2.91. The molecule has 0 radical (unpaired) electrons. The number of benzene rings is 1. The molecule has 2 rings (SSSR count). The van der Waals surface area contributed by atoms with Crippen LogP contribution in [0.1, 0.15) is 17.3 Å². The zero-order valence-corrected chi connectivity index (χ0v) is 12.9. The minimum atomic E-state index is -0.755. The van der Waals surface area contributed by atoms with Gasteiger partial charge in [-0.15, -0.1) is 0 Å². The Morgan fingerprint density at radius 3 is 2.45 bits per heavy atom. The number of ketones is 1. The van der Waals surface area contributed by atoms with E-state index in [1.807, 2.05) is 0 Å². The number of Topliss-reactive ketones (excluding diaryl/α,β-unsaturated/α-hetero) is 1. The van der Waals surface area contributed by atoms with Crippen LogP contribution in [0.4, 0.5) is 5.69 Å². The average molecular weight is 365 g/mol. The molecule has 7 nitrogen and oxygen atoms in total. The molecule has 22 heavy (non-hydrogen) atoms. The lowest BCUT2D eigenvalue weighted by Gasteiger charge is -2.06. The van der Waals surface area contributed by atoms with Crippen LogP contribution in [0.3, 0.4) is 0 Å². The zero-order chi connectivity index (χ0) is 16.3. The van der Waals surface area contributed by atoms with Gasteiger partial charge in [-0.25, -0.2) is 4.79 Å². The first-order chi connectivity index (χ1) is 10.4. The van der Waals surface area contributed by atoms with E-state index in [0.717, 1.165) is 0 Å². The SMILES string of the molecule is CC1=C/C(=N\OC(=O)c2ccc([N+](=O)[O-])cc2)C=C(Br)C1=O. The van der Waals surface area contributed by atoms with Crippen LogP contribution in [-0.2, 0) is 9.63 Å². The molecule has 0 saturated carbocycles. The predicted molar refractivity (Wildman–Crippen MR) is 81.7 cm³/mol. The van der Waals surface area contributed by atoms with Crippen molar-refractivity contribution in [1.82, 2.24) is 0 Å². The molecule has 0 aromatic heterocycles. The Morgan fingerprint density at radius 1 is 1.27 bits per heavy atom. The summed E-state index contributed by atoms with van der Waals surface area (Å²) in [4.78, 5) is 38.0. The van der Waals surface area contributed by atoms with Gasteiger partial charge in [0.2, 0.25) is 0 Å². The van der Waals surface area contributed by atoms with Gasteiger partial charge in [-0.1, -0.05) is 5.16 Å². The average Bonchev–Trinajstić information content (AvgIpc) is 2.50. The van der Waals surface area contributed by atoms with Crippen molar-refractivity contribution in [2.24, 2.45) is 5.16 Å².